The molecule has 0 saturated heterocycles. The van der Waals surface area contributed by atoms with E-state index in [1.54, 1.807) is 0 Å². The lowest BCUT2D eigenvalue weighted by Gasteiger charge is -2.39. The van der Waals surface area contributed by atoms with Crippen LogP contribution in [0.3, 0.4) is 0 Å². The minimum atomic E-state index is -0.747. The predicted molar refractivity (Wildman–Crippen MR) is 238 cm³/mol. The van der Waals surface area contributed by atoms with Crippen LogP contribution >= 0.6 is 0 Å². The molecule has 278 valence electrons. The molecule has 0 bridgehead atoms. The Bertz CT molecular complexity index is 3530. The Kier molecular flexibility index (Phi) is 6.62. The summed E-state index contributed by atoms with van der Waals surface area (Å²) in [5.74, 6) is 1.58. The Hall–Kier alpha value is -8.27. The molecule has 4 aromatic heterocycles. The Morgan fingerprint density at radius 2 is 0.933 bits per heavy atom. The molecule has 1 spiro atoms. The molecule has 0 radical (unpaired) electrons. The highest BCUT2D eigenvalue weighted by atomic mass is 16.5. The van der Waals surface area contributed by atoms with Gasteiger partial charge in [0.1, 0.15) is 17.6 Å². The molecule has 13 rings (SSSR count). The SMILES string of the molecule is N#Cc1cc(-n2c3ccccc3c3ccccc32)c(-c2ccc3c(c2)C2(c4ccccc4O3)c3cccnc3-c3ncccc32)cc1-n1c2ccccc2c2ccccc21. The first kappa shape index (κ1) is 32.8. The number of nitrogens with zero attached hydrogens (tertiary/aromatic N) is 5. The molecule has 0 amide bonds. The number of rotatable bonds is 3. The fourth-order valence-electron chi connectivity index (χ4n) is 10.4. The highest BCUT2D eigenvalue weighted by Gasteiger charge is 2.52. The first-order chi connectivity index (χ1) is 29.7. The van der Waals surface area contributed by atoms with Crippen molar-refractivity contribution in [2.24, 2.45) is 0 Å². The summed E-state index contributed by atoms with van der Waals surface area (Å²) in [6.07, 6.45) is 3.70. The van der Waals surface area contributed by atoms with Crippen LogP contribution in [0.2, 0.25) is 0 Å². The molecule has 7 aromatic carbocycles. The lowest BCUT2D eigenvalue weighted by molar-refractivity contribution is 0.436. The molecule has 1 aliphatic heterocycles. The van der Waals surface area contributed by atoms with Gasteiger partial charge >= 0.3 is 0 Å². The summed E-state index contributed by atoms with van der Waals surface area (Å²) < 4.78 is 11.4. The van der Waals surface area contributed by atoms with Crippen molar-refractivity contribution in [2.45, 2.75) is 5.41 Å². The Balaban J connectivity index is 1.17. The van der Waals surface area contributed by atoms with Gasteiger partial charge in [0.25, 0.3) is 0 Å². The molecule has 5 heterocycles. The predicted octanol–water partition coefficient (Wildman–Crippen LogP) is 12.7. The molecule has 0 saturated carbocycles. The number of fused-ring (bicyclic) bond motifs is 15. The number of nitriles is 1. The normalized spacial score (nSPS) is 13.2. The van der Waals surface area contributed by atoms with E-state index in [9.17, 15) is 5.26 Å². The monoisotopic (exact) mass is 765 g/mol. The second kappa shape index (κ2) is 12.1. The van der Waals surface area contributed by atoms with Gasteiger partial charge in [-0.05, 0) is 83.4 Å². The van der Waals surface area contributed by atoms with E-state index in [1.165, 1.54) is 0 Å². The van der Waals surface area contributed by atoms with Crippen molar-refractivity contribution in [3.63, 3.8) is 0 Å². The summed E-state index contributed by atoms with van der Waals surface area (Å²) in [6.45, 7) is 0. The molecule has 11 aromatic rings. The third-order valence-corrected chi connectivity index (χ3v) is 12.7. The van der Waals surface area contributed by atoms with E-state index in [-0.39, 0.29) is 0 Å². The highest BCUT2D eigenvalue weighted by Crippen LogP contribution is 2.61. The summed E-state index contributed by atoms with van der Waals surface area (Å²) in [5.41, 5.74) is 13.7. The van der Waals surface area contributed by atoms with E-state index >= 15 is 0 Å². The van der Waals surface area contributed by atoms with Crippen molar-refractivity contribution in [2.75, 3.05) is 0 Å². The fraction of sp³-hybridized carbons (Fsp3) is 0.0185. The van der Waals surface area contributed by atoms with Gasteiger partial charge in [0.15, 0.2) is 0 Å². The molecule has 6 nitrogen and oxygen atoms in total. The van der Waals surface area contributed by atoms with Crippen LogP contribution in [0.15, 0.2) is 188 Å². The fourth-order valence-corrected chi connectivity index (χ4v) is 10.4. The summed E-state index contributed by atoms with van der Waals surface area (Å²) in [7, 11) is 0. The van der Waals surface area contributed by atoms with Gasteiger partial charge in [0, 0.05) is 50.6 Å². The van der Waals surface area contributed by atoms with Gasteiger partial charge in [-0.25, -0.2) is 0 Å². The van der Waals surface area contributed by atoms with Gasteiger partial charge in [0.05, 0.1) is 55.8 Å². The lowest BCUT2D eigenvalue weighted by atomic mass is 9.66. The minimum absolute atomic E-state index is 0.574. The van der Waals surface area contributed by atoms with Gasteiger partial charge in [0.2, 0.25) is 0 Å². The van der Waals surface area contributed by atoms with Gasteiger partial charge in [-0.1, -0.05) is 109 Å². The Labute approximate surface area is 344 Å². The van der Waals surface area contributed by atoms with Crippen LogP contribution in [0.5, 0.6) is 11.5 Å². The molecule has 60 heavy (non-hydrogen) atoms. The van der Waals surface area contributed by atoms with Gasteiger partial charge in [-0.3, -0.25) is 9.97 Å². The van der Waals surface area contributed by atoms with Crippen LogP contribution in [-0.4, -0.2) is 19.1 Å². The maximum Gasteiger partial charge on any atom is 0.132 e. The van der Waals surface area contributed by atoms with Gasteiger partial charge in [-0.2, -0.15) is 5.26 Å². The number of pyridine rings is 2. The van der Waals surface area contributed by atoms with E-state index in [0.717, 1.165) is 111 Å². The van der Waals surface area contributed by atoms with Crippen LogP contribution < -0.4 is 4.74 Å². The molecule has 6 heteroatoms. The van der Waals surface area contributed by atoms with Gasteiger partial charge < -0.3 is 13.9 Å². The Morgan fingerprint density at radius 1 is 0.450 bits per heavy atom. The quantitative estimate of drug-likeness (QED) is 0.180. The van der Waals surface area contributed by atoms with Crippen LogP contribution in [0.25, 0.3) is 77.5 Å². The van der Waals surface area contributed by atoms with Crippen LogP contribution in [0.4, 0.5) is 0 Å². The van der Waals surface area contributed by atoms with Crippen molar-refractivity contribution in [3.05, 3.63) is 216 Å². The number of hydrogen-bond donors (Lipinski definition) is 0. The van der Waals surface area contributed by atoms with Crippen molar-refractivity contribution in [1.82, 2.24) is 19.1 Å². The third-order valence-electron chi connectivity index (χ3n) is 12.7. The summed E-state index contributed by atoms with van der Waals surface area (Å²) in [5, 5.41) is 15.7. The largest absolute Gasteiger partial charge is 0.457 e. The first-order valence-corrected chi connectivity index (χ1v) is 20.1. The minimum Gasteiger partial charge on any atom is -0.457 e. The molecule has 1 aliphatic carbocycles. The number of aromatic nitrogens is 4. The average molecular weight is 766 g/mol. The number of ether oxygens (including phenoxy) is 1. The lowest BCUT2D eigenvalue weighted by Crippen LogP contribution is -2.32. The molecule has 0 unspecified atom stereocenters. The summed E-state index contributed by atoms with van der Waals surface area (Å²) in [6, 6.07) is 64.3. The summed E-state index contributed by atoms with van der Waals surface area (Å²) in [4.78, 5) is 9.90. The maximum atomic E-state index is 11.1. The zero-order valence-corrected chi connectivity index (χ0v) is 32.0. The standard InChI is InChI=1S/C54H31N5O/c55-32-34-30-49(59-46-22-8-3-15-37(46)38-16-4-9-23-47(38)59)39(31-48(34)58-44-20-6-1-13-35(44)36-14-2-7-21-45(36)58)33-25-26-51-43(29-33)54(40-17-5-10-24-50(40)60-51)41-18-11-27-56-52(41)53-42(54)19-12-28-57-53/h1-31H. The zero-order chi connectivity index (χ0) is 39.5. The second-order valence-corrected chi connectivity index (χ2v) is 15.6. The Morgan fingerprint density at radius 3 is 1.50 bits per heavy atom. The van der Waals surface area contributed by atoms with E-state index in [1.807, 2.05) is 30.6 Å². The smallest absolute Gasteiger partial charge is 0.132 e. The molecule has 0 atom stereocenters. The average Bonchev–Trinajstić information content (AvgIpc) is 3.93. The third kappa shape index (κ3) is 4.20. The van der Waals surface area contributed by atoms with E-state index < -0.39 is 5.41 Å². The van der Waals surface area contributed by atoms with Crippen molar-refractivity contribution in [1.29, 1.82) is 5.26 Å². The second-order valence-electron chi connectivity index (χ2n) is 15.6. The van der Waals surface area contributed by atoms with E-state index in [4.69, 9.17) is 14.7 Å². The molecular formula is C54H31N5O. The number of para-hydroxylation sites is 5. The maximum absolute atomic E-state index is 11.1. The zero-order valence-electron chi connectivity index (χ0n) is 32.0. The van der Waals surface area contributed by atoms with Crippen LogP contribution in [0.1, 0.15) is 27.8 Å². The van der Waals surface area contributed by atoms with Gasteiger partial charge in [-0.15, -0.1) is 0 Å². The van der Waals surface area contributed by atoms with Crippen molar-refractivity contribution in [3.8, 4) is 51.5 Å². The van der Waals surface area contributed by atoms with Crippen LogP contribution in [0, 0.1) is 11.3 Å². The van der Waals surface area contributed by atoms with E-state index in [2.05, 4.69) is 173 Å². The van der Waals surface area contributed by atoms with Crippen molar-refractivity contribution >= 4 is 43.6 Å². The molecule has 2 aliphatic rings. The molecular weight excluding hydrogens is 735 g/mol. The van der Waals surface area contributed by atoms with E-state index in [0.29, 0.717) is 5.56 Å². The summed E-state index contributed by atoms with van der Waals surface area (Å²) >= 11 is 0. The number of benzene rings is 7. The van der Waals surface area contributed by atoms with Crippen molar-refractivity contribution < 1.29 is 4.74 Å². The first-order valence-electron chi connectivity index (χ1n) is 20.1. The molecule has 0 fully saturated rings. The topological polar surface area (TPSA) is 68.7 Å². The highest BCUT2D eigenvalue weighted by molar-refractivity contribution is 6.11. The number of hydrogen-bond acceptors (Lipinski definition) is 4. The van der Waals surface area contributed by atoms with Crippen LogP contribution in [-0.2, 0) is 5.41 Å². The molecule has 0 N–H and O–H groups in total.